The second-order valence-corrected chi connectivity index (χ2v) is 7.69. The summed E-state index contributed by atoms with van der Waals surface area (Å²) in [6.07, 6.45) is 12.7. The van der Waals surface area contributed by atoms with Crippen molar-refractivity contribution in [3.63, 3.8) is 0 Å². The van der Waals surface area contributed by atoms with E-state index in [1.165, 1.54) is 51.0 Å². The maximum atomic E-state index is 10.5. The Labute approximate surface area is 201 Å². The van der Waals surface area contributed by atoms with Crippen LogP contribution in [-0.4, -0.2) is 35.0 Å². The van der Waals surface area contributed by atoms with Gasteiger partial charge in [0.15, 0.2) is 0 Å². The van der Waals surface area contributed by atoms with Crippen LogP contribution < -0.4 is 0 Å². The Morgan fingerprint density at radius 3 is 1.71 bits per heavy atom. The topological polar surface area (TPSA) is 37.3 Å². The first kappa shape index (κ1) is 30.1. The standard InChI is InChI=1S/C20H38O2.Ce.Sn.2H/c1-16(2)9-6-10-17(3)11-7-12-18(4)13-8-14-19(5)15-20(21)22;;;;/h15-18H,6-14H2,1-5H3,(H,21,22);;;;/b19-15+;;;;/t17-,18-;;;;/m1..../s1. The molecule has 0 bridgehead atoms. The number of hydrogen-bond acceptors (Lipinski definition) is 1. The average molecular weight is 571 g/mol. The summed E-state index contributed by atoms with van der Waals surface area (Å²) in [5, 5.41) is 8.68. The summed E-state index contributed by atoms with van der Waals surface area (Å²) in [4.78, 5) is 10.5. The molecule has 0 saturated heterocycles. The number of allylic oxidation sites excluding steroid dienone is 1. The molecule has 4 heteroatoms. The third-order valence-corrected chi connectivity index (χ3v) is 4.51. The van der Waals surface area contributed by atoms with E-state index >= 15 is 0 Å². The molecule has 0 aliphatic heterocycles. The average Bonchev–Trinajstić information content (AvgIpc) is 2.37. The van der Waals surface area contributed by atoms with Gasteiger partial charge in [-0.1, -0.05) is 78.2 Å². The van der Waals surface area contributed by atoms with Gasteiger partial charge in [0.2, 0.25) is 0 Å². The van der Waals surface area contributed by atoms with Crippen LogP contribution in [0.3, 0.4) is 0 Å². The van der Waals surface area contributed by atoms with E-state index in [0.29, 0.717) is 0 Å². The van der Waals surface area contributed by atoms with Gasteiger partial charge in [-0.25, -0.2) is 4.79 Å². The van der Waals surface area contributed by atoms with E-state index in [2.05, 4.69) is 27.7 Å². The van der Waals surface area contributed by atoms with Crippen molar-refractivity contribution >= 4 is 29.9 Å². The van der Waals surface area contributed by atoms with Gasteiger partial charge < -0.3 is 5.11 Å². The first-order valence-electron chi connectivity index (χ1n) is 9.21. The van der Waals surface area contributed by atoms with Crippen LogP contribution in [0.1, 0.15) is 92.4 Å². The first-order chi connectivity index (χ1) is 10.3. The molecule has 0 aromatic rings. The van der Waals surface area contributed by atoms with Gasteiger partial charge in [0.05, 0.1) is 0 Å². The van der Waals surface area contributed by atoms with E-state index in [0.717, 1.165) is 36.2 Å². The Kier molecular flexibility index (Phi) is 24.0. The van der Waals surface area contributed by atoms with Crippen molar-refractivity contribution in [1.29, 1.82) is 0 Å². The molecule has 24 heavy (non-hydrogen) atoms. The van der Waals surface area contributed by atoms with E-state index < -0.39 is 5.97 Å². The van der Waals surface area contributed by atoms with E-state index in [1.807, 2.05) is 6.92 Å². The molecule has 0 aromatic heterocycles. The summed E-state index contributed by atoms with van der Waals surface area (Å²) in [5.74, 6) is 1.65. The molecule has 0 saturated carbocycles. The number of rotatable bonds is 13. The van der Waals surface area contributed by atoms with Gasteiger partial charge in [0.25, 0.3) is 0 Å². The summed E-state index contributed by atoms with van der Waals surface area (Å²) in [5.41, 5.74) is 0.985. The molecule has 2 radical (unpaired) electrons. The predicted octanol–water partition coefficient (Wildman–Crippen LogP) is 5.54. The van der Waals surface area contributed by atoms with Crippen molar-refractivity contribution in [2.45, 2.75) is 92.4 Å². The Morgan fingerprint density at radius 2 is 1.29 bits per heavy atom. The van der Waals surface area contributed by atoms with Gasteiger partial charge in [-0.3, -0.25) is 0 Å². The SMILES string of the molecule is C/C(=C\C(=O)O)CCC[C@H](C)CCC[C@H](C)CCCC(C)C.[Ce].[SnH2]. The van der Waals surface area contributed by atoms with Crippen LogP contribution in [-0.2, 0) is 4.79 Å². The molecule has 140 valence electrons. The second kappa shape index (κ2) is 19.2. The molecule has 0 heterocycles. The molecule has 0 unspecified atom stereocenters. The van der Waals surface area contributed by atoms with Gasteiger partial charge in [-0.2, -0.15) is 0 Å². The van der Waals surface area contributed by atoms with E-state index in [9.17, 15) is 4.79 Å². The van der Waals surface area contributed by atoms with Crippen molar-refractivity contribution in [3.05, 3.63) is 11.6 Å². The zero-order valence-corrected chi connectivity index (χ0v) is 23.9. The van der Waals surface area contributed by atoms with Crippen molar-refractivity contribution in [2.75, 3.05) is 0 Å². The fraction of sp³-hybridized carbons (Fsp3) is 0.850. The van der Waals surface area contributed by atoms with Gasteiger partial charge in [-0.05, 0) is 37.5 Å². The Balaban J connectivity index is -0.00000220. The summed E-state index contributed by atoms with van der Waals surface area (Å²) in [6.45, 7) is 11.3. The van der Waals surface area contributed by atoms with Crippen LogP contribution in [0.4, 0.5) is 0 Å². The second-order valence-electron chi connectivity index (χ2n) is 7.69. The fourth-order valence-electron chi connectivity index (χ4n) is 2.99. The van der Waals surface area contributed by atoms with Gasteiger partial charge in [0.1, 0.15) is 0 Å². The van der Waals surface area contributed by atoms with Crippen molar-refractivity contribution in [3.8, 4) is 0 Å². The zero-order chi connectivity index (χ0) is 17.0. The summed E-state index contributed by atoms with van der Waals surface area (Å²) in [6, 6.07) is 0. The Bertz CT molecular complexity index is 330. The summed E-state index contributed by atoms with van der Waals surface area (Å²) < 4.78 is 0. The molecular formula is C20H40CeO2Sn. The van der Waals surface area contributed by atoms with Crippen LogP contribution in [0.25, 0.3) is 0 Å². The third kappa shape index (κ3) is 21.4. The van der Waals surface area contributed by atoms with E-state index in [1.54, 1.807) is 0 Å². The molecule has 0 aliphatic carbocycles. The van der Waals surface area contributed by atoms with Gasteiger partial charge in [-0.15, -0.1) is 0 Å². The molecule has 0 fully saturated rings. The number of carboxylic acid groups (broad SMARTS) is 1. The monoisotopic (exact) mass is 572 g/mol. The molecule has 0 aliphatic rings. The van der Waals surface area contributed by atoms with Crippen molar-refractivity contribution in [1.82, 2.24) is 0 Å². The molecule has 1 N–H and O–H groups in total. The van der Waals surface area contributed by atoms with Crippen molar-refractivity contribution < 1.29 is 51.6 Å². The number of hydrogen-bond donors (Lipinski definition) is 1. The van der Waals surface area contributed by atoms with Crippen LogP contribution in [0.5, 0.6) is 0 Å². The molecular weight excluding hydrogens is 531 g/mol. The number of aliphatic carboxylic acids is 1. The minimum absolute atomic E-state index is 0. The quantitative estimate of drug-likeness (QED) is 0.233. The molecule has 0 rings (SSSR count). The van der Waals surface area contributed by atoms with Crippen LogP contribution in [0.15, 0.2) is 11.6 Å². The summed E-state index contributed by atoms with van der Waals surface area (Å²) >= 11 is 0. The molecule has 2 atom stereocenters. The van der Waals surface area contributed by atoms with Gasteiger partial charge in [0, 0.05) is 47.8 Å². The first-order valence-corrected chi connectivity index (χ1v) is 9.21. The molecule has 0 amide bonds. The number of carboxylic acids is 1. The minimum atomic E-state index is -0.822. The summed E-state index contributed by atoms with van der Waals surface area (Å²) in [7, 11) is 0. The molecule has 0 spiro atoms. The maximum absolute atomic E-state index is 10.5. The molecule has 0 aromatic carbocycles. The van der Waals surface area contributed by atoms with E-state index in [-0.39, 0.29) is 65.7 Å². The van der Waals surface area contributed by atoms with Crippen molar-refractivity contribution in [2.24, 2.45) is 17.8 Å². The fourth-order valence-corrected chi connectivity index (χ4v) is 2.99. The van der Waals surface area contributed by atoms with Gasteiger partial charge >= 0.3 is 29.9 Å². The zero-order valence-electron chi connectivity index (χ0n) is 16.7. The van der Waals surface area contributed by atoms with Crippen LogP contribution in [0, 0.1) is 59.5 Å². The molecule has 2 nitrogen and oxygen atoms in total. The number of carbonyl (C=O) groups is 1. The third-order valence-electron chi connectivity index (χ3n) is 4.51. The Morgan fingerprint density at radius 1 is 0.875 bits per heavy atom. The predicted molar refractivity (Wildman–Crippen MR) is 105 cm³/mol. The normalized spacial score (nSPS) is 13.8. The van der Waals surface area contributed by atoms with Crippen LogP contribution >= 0.6 is 0 Å². The Hall–Kier alpha value is 1.39. The van der Waals surface area contributed by atoms with E-state index in [4.69, 9.17) is 5.11 Å². The van der Waals surface area contributed by atoms with Crippen LogP contribution in [0.2, 0.25) is 0 Å².